The van der Waals surface area contributed by atoms with Crippen molar-refractivity contribution in [2.24, 2.45) is 0 Å². The van der Waals surface area contributed by atoms with Gasteiger partial charge in [0.1, 0.15) is 17.7 Å². The summed E-state index contributed by atoms with van der Waals surface area (Å²) < 4.78 is 26.2. The Balaban J connectivity index is 3.35. The van der Waals surface area contributed by atoms with E-state index in [4.69, 9.17) is 11.5 Å². The number of rotatable bonds is 1. The van der Waals surface area contributed by atoms with Crippen LogP contribution in [0.1, 0.15) is 17.2 Å². The Bertz CT molecular complexity index is 366. The predicted octanol–water partition coefficient (Wildman–Crippen LogP) is 1.94. The summed E-state index contributed by atoms with van der Waals surface area (Å²) in [5, 5.41) is 9.10. The smallest absolute Gasteiger partial charge is 0.145 e. The molecule has 0 radical (unpaired) electrons. The summed E-state index contributed by atoms with van der Waals surface area (Å²) in [6, 6.07) is 2.37. The average molecular weight is 182 g/mol. The summed E-state index contributed by atoms with van der Waals surface area (Å²) in [5.41, 5.74) is -0.201. The molecule has 0 heterocycles. The van der Waals surface area contributed by atoms with Crippen LogP contribution in [-0.4, -0.2) is 5.11 Å². The lowest BCUT2D eigenvalue weighted by Gasteiger charge is -2.08. The van der Waals surface area contributed by atoms with Crippen LogP contribution in [0.4, 0.5) is 8.78 Å². The third-order valence-electron chi connectivity index (χ3n) is 1.75. The van der Waals surface area contributed by atoms with Gasteiger partial charge in [-0.3, -0.25) is 0 Å². The van der Waals surface area contributed by atoms with Crippen LogP contribution in [0.3, 0.4) is 0 Å². The Morgan fingerprint density at radius 2 is 2.08 bits per heavy atom. The van der Waals surface area contributed by atoms with Gasteiger partial charge in [0.15, 0.2) is 0 Å². The average Bonchev–Trinajstić information content (AvgIpc) is 2.12. The van der Waals surface area contributed by atoms with E-state index in [-0.39, 0.29) is 5.56 Å². The van der Waals surface area contributed by atoms with Crippen LogP contribution in [0.15, 0.2) is 12.1 Å². The Kier molecular flexibility index (Phi) is 2.64. The molecule has 1 nitrogen and oxygen atoms in total. The molecule has 0 fully saturated rings. The Morgan fingerprint density at radius 3 is 2.62 bits per heavy atom. The second kappa shape index (κ2) is 3.55. The van der Waals surface area contributed by atoms with E-state index in [1.807, 2.05) is 5.92 Å². The maximum atomic E-state index is 13.2. The third-order valence-corrected chi connectivity index (χ3v) is 1.75. The SMILES string of the molecule is C#CC(O)c1c(F)ccc(C)c1F. The van der Waals surface area contributed by atoms with Gasteiger partial charge >= 0.3 is 0 Å². The maximum Gasteiger partial charge on any atom is 0.145 e. The fourth-order valence-corrected chi connectivity index (χ4v) is 1.01. The van der Waals surface area contributed by atoms with Gasteiger partial charge < -0.3 is 5.11 Å². The molecule has 13 heavy (non-hydrogen) atoms. The van der Waals surface area contributed by atoms with Crippen molar-refractivity contribution in [3.8, 4) is 12.3 Å². The third kappa shape index (κ3) is 1.68. The molecule has 0 spiro atoms. The fraction of sp³-hybridized carbons (Fsp3) is 0.200. The summed E-state index contributed by atoms with van der Waals surface area (Å²) in [6.07, 6.45) is 3.33. The molecule has 0 aromatic heterocycles. The van der Waals surface area contributed by atoms with Gasteiger partial charge in [0.05, 0.1) is 5.56 Å². The van der Waals surface area contributed by atoms with Crippen LogP contribution >= 0.6 is 0 Å². The molecular formula is C10H8F2O. The molecule has 0 amide bonds. The minimum Gasteiger partial charge on any atom is -0.376 e. The molecule has 0 aliphatic heterocycles. The zero-order valence-electron chi connectivity index (χ0n) is 7.01. The molecule has 68 valence electrons. The van der Waals surface area contributed by atoms with Gasteiger partial charge in [-0.2, -0.15) is 0 Å². The highest BCUT2D eigenvalue weighted by Gasteiger charge is 2.17. The molecule has 1 aromatic rings. The lowest BCUT2D eigenvalue weighted by atomic mass is 10.1. The molecule has 0 saturated heterocycles. The van der Waals surface area contributed by atoms with Crippen molar-refractivity contribution in [2.45, 2.75) is 13.0 Å². The van der Waals surface area contributed by atoms with Gasteiger partial charge in [0.25, 0.3) is 0 Å². The van der Waals surface area contributed by atoms with Crippen molar-refractivity contribution in [3.05, 3.63) is 34.9 Å². The standard InChI is InChI=1S/C10H8F2O/c1-3-8(13)9-7(11)5-4-6(2)10(9)12/h1,4-5,8,13H,2H3. The second-order valence-electron chi connectivity index (χ2n) is 2.66. The van der Waals surface area contributed by atoms with Crippen LogP contribution in [0.25, 0.3) is 0 Å². The Morgan fingerprint density at radius 1 is 1.46 bits per heavy atom. The minimum atomic E-state index is -1.53. The number of benzene rings is 1. The van der Waals surface area contributed by atoms with Gasteiger partial charge in [0.2, 0.25) is 0 Å². The predicted molar refractivity (Wildman–Crippen MR) is 44.9 cm³/mol. The second-order valence-corrected chi connectivity index (χ2v) is 2.66. The first-order valence-electron chi connectivity index (χ1n) is 3.66. The molecule has 1 atom stereocenters. The first kappa shape index (κ1) is 9.69. The number of aryl methyl sites for hydroxylation is 1. The first-order chi connectivity index (χ1) is 6.07. The lowest BCUT2D eigenvalue weighted by molar-refractivity contribution is 0.226. The summed E-state index contributed by atoms with van der Waals surface area (Å²) >= 11 is 0. The Hall–Kier alpha value is -1.40. The molecule has 0 aliphatic rings. The summed E-state index contributed by atoms with van der Waals surface area (Å²) in [7, 11) is 0. The number of aliphatic hydroxyl groups is 1. The number of terminal acetylenes is 1. The van der Waals surface area contributed by atoms with Crippen molar-refractivity contribution >= 4 is 0 Å². The summed E-state index contributed by atoms with van der Waals surface area (Å²) in [4.78, 5) is 0. The topological polar surface area (TPSA) is 20.2 Å². The van der Waals surface area contributed by atoms with E-state index in [0.717, 1.165) is 6.07 Å². The van der Waals surface area contributed by atoms with E-state index in [1.54, 1.807) is 0 Å². The van der Waals surface area contributed by atoms with E-state index >= 15 is 0 Å². The Labute approximate surface area is 75.0 Å². The number of halogens is 2. The quantitative estimate of drug-likeness (QED) is 0.658. The number of hydrogen-bond donors (Lipinski definition) is 1. The molecule has 3 heteroatoms. The zero-order valence-corrected chi connectivity index (χ0v) is 7.01. The molecule has 1 unspecified atom stereocenters. The van der Waals surface area contributed by atoms with Crippen LogP contribution in [-0.2, 0) is 0 Å². The van der Waals surface area contributed by atoms with Crippen molar-refractivity contribution in [1.82, 2.24) is 0 Å². The van der Waals surface area contributed by atoms with Crippen LogP contribution in [0.5, 0.6) is 0 Å². The highest BCUT2D eigenvalue weighted by Crippen LogP contribution is 2.22. The van der Waals surface area contributed by atoms with Crippen molar-refractivity contribution in [2.75, 3.05) is 0 Å². The monoisotopic (exact) mass is 182 g/mol. The van der Waals surface area contributed by atoms with E-state index in [1.165, 1.54) is 13.0 Å². The highest BCUT2D eigenvalue weighted by molar-refractivity contribution is 5.31. The molecule has 0 bridgehead atoms. The highest BCUT2D eigenvalue weighted by atomic mass is 19.1. The van der Waals surface area contributed by atoms with Crippen LogP contribution < -0.4 is 0 Å². The first-order valence-corrected chi connectivity index (χ1v) is 3.66. The van der Waals surface area contributed by atoms with E-state index < -0.39 is 23.3 Å². The zero-order chi connectivity index (χ0) is 10.0. The minimum absolute atomic E-state index is 0.255. The molecule has 0 aliphatic carbocycles. The lowest BCUT2D eigenvalue weighted by Crippen LogP contribution is -2.03. The van der Waals surface area contributed by atoms with E-state index in [9.17, 15) is 8.78 Å². The number of aliphatic hydroxyl groups excluding tert-OH is 1. The van der Waals surface area contributed by atoms with Crippen LogP contribution in [0.2, 0.25) is 0 Å². The summed E-state index contributed by atoms with van der Waals surface area (Å²) in [6.45, 7) is 1.47. The van der Waals surface area contributed by atoms with Crippen molar-refractivity contribution in [1.29, 1.82) is 0 Å². The molecule has 1 aromatic carbocycles. The molecular weight excluding hydrogens is 174 g/mol. The summed E-state index contributed by atoms with van der Waals surface area (Å²) in [5.74, 6) is 0.254. The molecule has 1 rings (SSSR count). The number of hydrogen-bond acceptors (Lipinski definition) is 1. The van der Waals surface area contributed by atoms with Gasteiger partial charge in [-0.25, -0.2) is 8.78 Å². The van der Waals surface area contributed by atoms with Crippen molar-refractivity contribution in [3.63, 3.8) is 0 Å². The normalized spacial score (nSPS) is 12.2. The van der Waals surface area contributed by atoms with Crippen LogP contribution in [0, 0.1) is 30.9 Å². The fourth-order valence-electron chi connectivity index (χ4n) is 1.01. The largest absolute Gasteiger partial charge is 0.376 e. The van der Waals surface area contributed by atoms with Crippen molar-refractivity contribution < 1.29 is 13.9 Å². The van der Waals surface area contributed by atoms with Gasteiger partial charge in [0, 0.05) is 0 Å². The van der Waals surface area contributed by atoms with Gasteiger partial charge in [-0.05, 0) is 18.6 Å². The van der Waals surface area contributed by atoms with E-state index in [0.29, 0.717) is 0 Å². The molecule has 1 N–H and O–H groups in total. The van der Waals surface area contributed by atoms with E-state index in [2.05, 4.69) is 0 Å². The maximum absolute atomic E-state index is 13.2. The van der Waals surface area contributed by atoms with Gasteiger partial charge in [-0.1, -0.05) is 12.0 Å². The van der Waals surface area contributed by atoms with Gasteiger partial charge in [-0.15, -0.1) is 6.42 Å². The molecule has 0 saturated carbocycles.